The van der Waals surface area contributed by atoms with Gasteiger partial charge in [-0.15, -0.1) is 0 Å². The fourth-order valence-corrected chi connectivity index (χ4v) is 1.74. The predicted molar refractivity (Wildman–Crippen MR) is 72.8 cm³/mol. The SMILES string of the molecule is COc1cc(Cl)c(C#CCCCCN)cc1Cl. The Hall–Kier alpha value is -0.880. The lowest BCUT2D eigenvalue weighted by molar-refractivity contribution is 0.415. The fourth-order valence-electron chi connectivity index (χ4n) is 1.30. The molecule has 0 atom stereocenters. The smallest absolute Gasteiger partial charge is 0.139 e. The van der Waals surface area contributed by atoms with Crippen molar-refractivity contribution in [3.8, 4) is 17.6 Å². The van der Waals surface area contributed by atoms with Gasteiger partial charge in [0.2, 0.25) is 0 Å². The van der Waals surface area contributed by atoms with Crippen molar-refractivity contribution < 1.29 is 4.74 Å². The van der Waals surface area contributed by atoms with Gasteiger partial charge in [0.05, 0.1) is 17.2 Å². The summed E-state index contributed by atoms with van der Waals surface area (Å²) < 4.78 is 5.06. The highest BCUT2D eigenvalue weighted by atomic mass is 35.5. The van der Waals surface area contributed by atoms with Gasteiger partial charge in [0.25, 0.3) is 0 Å². The molecule has 0 bridgehead atoms. The Balaban J connectivity index is 2.74. The first-order chi connectivity index (χ1) is 8.19. The molecule has 0 radical (unpaired) electrons. The second-order valence-corrected chi connectivity index (χ2v) is 4.33. The van der Waals surface area contributed by atoms with Gasteiger partial charge in [-0.25, -0.2) is 0 Å². The predicted octanol–water partition coefficient (Wildman–Crippen LogP) is 3.48. The standard InChI is InChI=1S/C13H15Cl2NO/c1-17-13-9-11(14)10(8-12(13)15)6-4-2-3-5-7-16/h8-9H,2-3,5,7,16H2,1H3. The van der Waals surface area contributed by atoms with E-state index in [-0.39, 0.29) is 0 Å². The molecule has 2 N–H and O–H groups in total. The van der Waals surface area contributed by atoms with Crippen molar-refractivity contribution in [1.29, 1.82) is 0 Å². The molecule has 0 saturated carbocycles. The zero-order valence-corrected chi connectivity index (χ0v) is 11.2. The minimum absolute atomic E-state index is 0.517. The average Bonchev–Trinajstić information content (AvgIpc) is 2.32. The Morgan fingerprint density at radius 1 is 1.24 bits per heavy atom. The number of methoxy groups -OCH3 is 1. The van der Waals surface area contributed by atoms with E-state index in [9.17, 15) is 0 Å². The third kappa shape index (κ3) is 4.47. The zero-order valence-electron chi connectivity index (χ0n) is 9.72. The van der Waals surface area contributed by atoms with Crippen LogP contribution in [0, 0.1) is 11.8 Å². The normalized spacial score (nSPS) is 9.65. The number of ether oxygens (including phenoxy) is 1. The number of rotatable bonds is 4. The van der Waals surface area contributed by atoms with E-state index in [4.69, 9.17) is 33.7 Å². The molecule has 0 saturated heterocycles. The minimum Gasteiger partial charge on any atom is -0.495 e. The average molecular weight is 272 g/mol. The second kappa shape index (κ2) is 7.45. The topological polar surface area (TPSA) is 35.2 Å². The second-order valence-electron chi connectivity index (χ2n) is 3.51. The van der Waals surface area contributed by atoms with Gasteiger partial charge in [-0.3, -0.25) is 0 Å². The Morgan fingerprint density at radius 2 is 2.00 bits per heavy atom. The lowest BCUT2D eigenvalue weighted by atomic mass is 10.2. The first-order valence-corrected chi connectivity index (χ1v) is 6.16. The number of unbranched alkanes of at least 4 members (excludes halogenated alkanes) is 2. The Labute approximate surface area is 112 Å². The summed E-state index contributed by atoms with van der Waals surface area (Å²) in [7, 11) is 1.55. The molecule has 0 aliphatic carbocycles. The van der Waals surface area contributed by atoms with E-state index in [1.807, 2.05) is 0 Å². The molecular formula is C13H15Cl2NO. The van der Waals surface area contributed by atoms with E-state index in [1.54, 1.807) is 19.2 Å². The highest BCUT2D eigenvalue weighted by Gasteiger charge is 2.05. The molecule has 1 aromatic rings. The molecule has 0 aliphatic heterocycles. The summed E-state index contributed by atoms with van der Waals surface area (Å²) in [5, 5.41) is 1.07. The fraction of sp³-hybridized carbons (Fsp3) is 0.385. The number of hydrogen-bond donors (Lipinski definition) is 1. The van der Waals surface area contributed by atoms with E-state index in [1.165, 1.54) is 0 Å². The van der Waals surface area contributed by atoms with Crippen molar-refractivity contribution in [3.05, 3.63) is 27.7 Å². The summed E-state index contributed by atoms with van der Waals surface area (Å²) in [5.41, 5.74) is 6.12. The molecule has 17 heavy (non-hydrogen) atoms. The van der Waals surface area contributed by atoms with Gasteiger partial charge in [-0.1, -0.05) is 35.0 Å². The third-order valence-corrected chi connectivity index (χ3v) is 2.83. The van der Waals surface area contributed by atoms with Crippen molar-refractivity contribution in [2.24, 2.45) is 5.73 Å². The number of halogens is 2. The quantitative estimate of drug-likeness (QED) is 0.672. The number of benzene rings is 1. The molecule has 0 unspecified atom stereocenters. The van der Waals surface area contributed by atoms with Crippen LogP contribution in [-0.4, -0.2) is 13.7 Å². The third-order valence-electron chi connectivity index (χ3n) is 2.22. The molecule has 1 rings (SSSR count). The van der Waals surface area contributed by atoms with Crippen LogP contribution in [0.4, 0.5) is 0 Å². The molecule has 1 aromatic carbocycles. The van der Waals surface area contributed by atoms with Gasteiger partial charge in [0.1, 0.15) is 5.75 Å². The summed E-state index contributed by atoms with van der Waals surface area (Å²) in [6.45, 7) is 0.705. The highest BCUT2D eigenvalue weighted by Crippen LogP contribution is 2.30. The van der Waals surface area contributed by atoms with Gasteiger partial charge >= 0.3 is 0 Å². The monoisotopic (exact) mass is 271 g/mol. The minimum atomic E-state index is 0.517. The molecule has 0 aromatic heterocycles. The van der Waals surface area contributed by atoms with Crippen molar-refractivity contribution >= 4 is 23.2 Å². The molecular weight excluding hydrogens is 257 g/mol. The maximum absolute atomic E-state index is 6.06. The molecule has 0 aliphatic rings. The molecule has 0 fully saturated rings. The van der Waals surface area contributed by atoms with Crippen LogP contribution in [0.25, 0.3) is 0 Å². The molecule has 4 heteroatoms. The van der Waals surface area contributed by atoms with Crippen molar-refractivity contribution in [2.75, 3.05) is 13.7 Å². The van der Waals surface area contributed by atoms with Crippen molar-refractivity contribution in [1.82, 2.24) is 0 Å². The van der Waals surface area contributed by atoms with Crippen LogP contribution in [0.1, 0.15) is 24.8 Å². The summed E-state index contributed by atoms with van der Waals surface area (Å²) in [6.07, 6.45) is 2.81. The maximum atomic E-state index is 6.06. The van der Waals surface area contributed by atoms with Crippen LogP contribution < -0.4 is 10.5 Å². The van der Waals surface area contributed by atoms with Crippen LogP contribution in [0.15, 0.2) is 12.1 Å². The Kier molecular flexibility index (Phi) is 6.21. The maximum Gasteiger partial charge on any atom is 0.139 e. The molecule has 2 nitrogen and oxygen atoms in total. The van der Waals surface area contributed by atoms with Gasteiger partial charge in [0, 0.05) is 18.1 Å². The van der Waals surface area contributed by atoms with Crippen LogP contribution in [0.2, 0.25) is 10.0 Å². The first kappa shape index (κ1) is 14.2. The van der Waals surface area contributed by atoms with Crippen LogP contribution in [-0.2, 0) is 0 Å². The summed E-state index contributed by atoms with van der Waals surface area (Å²) in [5.74, 6) is 6.61. The lowest BCUT2D eigenvalue weighted by Gasteiger charge is -2.04. The number of hydrogen-bond acceptors (Lipinski definition) is 2. The largest absolute Gasteiger partial charge is 0.495 e. The summed E-state index contributed by atoms with van der Waals surface area (Å²) in [6, 6.07) is 3.40. The first-order valence-electron chi connectivity index (χ1n) is 5.41. The van der Waals surface area contributed by atoms with E-state index >= 15 is 0 Å². The Morgan fingerprint density at radius 3 is 2.65 bits per heavy atom. The van der Waals surface area contributed by atoms with Crippen LogP contribution in [0.5, 0.6) is 5.75 Å². The molecule has 92 valence electrons. The molecule has 0 heterocycles. The lowest BCUT2D eigenvalue weighted by Crippen LogP contribution is -1.96. The Bertz CT molecular complexity index is 435. The van der Waals surface area contributed by atoms with Crippen molar-refractivity contribution in [3.63, 3.8) is 0 Å². The van der Waals surface area contributed by atoms with Crippen molar-refractivity contribution in [2.45, 2.75) is 19.3 Å². The van der Waals surface area contributed by atoms with Gasteiger partial charge in [-0.2, -0.15) is 0 Å². The van der Waals surface area contributed by atoms with E-state index in [0.29, 0.717) is 22.3 Å². The van der Waals surface area contributed by atoms with Crippen LogP contribution >= 0.6 is 23.2 Å². The van der Waals surface area contributed by atoms with E-state index in [2.05, 4.69) is 11.8 Å². The van der Waals surface area contributed by atoms with Crippen LogP contribution in [0.3, 0.4) is 0 Å². The van der Waals surface area contributed by atoms with E-state index < -0.39 is 0 Å². The zero-order chi connectivity index (χ0) is 12.7. The summed E-state index contributed by atoms with van der Waals surface area (Å²) in [4.78, 5) is 0. The van der Waals surface area contributed by atoms with E-state index in [0.717, 1.165) is 24.8 Å². The number of nitrogens with two attached hydrogens (primary N) is 1. The highest BCUT2D eigenvalue weighted by molar-refractivity contribution is 6.35. The molecule has 0 spiro atoms. The molecule has 0 amide bonds. The van der Waals surface area contributed by atoms with Gasteiger partial charge in [0.15, 0.2) is 0 Å². The summed E-state index contributed by atoms with van der Waals surface area (Å²) >= 11 is 12.1. The van der Waals surface area contributed by atoms with Gasteiger partial charge in [-0.05, 0) is 25.5 Å². The van der Waals surface area contributed by atoms with Gasteiger partial charge < -0.3 is 10.5 Å².